The third-order valence-electron chi connectivity index (χ3n) is 4.49. The number of rotatable bonds is 9. The maximum Gasteiger partial charge on any atom is 0.264 e. The molecule has 0 saturated heterocycles. The highest BCUT2D eigenvalue weighted by molar-refractivity contribution is 7.92. The Morgan fingerprint density at radius 3 is 2.32 bits per heavy atom. The lowest BCUT2D eigenvalue weighted by atomic mass is 10.2. The van der Waals surface area contributed by atoms with Crippen LogP contribution in [0.4, 0.5) is 5.69 Å². The van der Waals surface area contributed by atoms with E-state index in [1.54, 1.807) is 43.3 Å². The highest BCUT2D eigenvalue weighted by atomic mass is 35.5. The van der Waals surface area contributed by atoms with Gasteiger partial charge in [0.1, 0.15) is 18.9 Å². The molecule has 3 aromatic rings. The van der Waals surface area contributed by atoms with E-state index in [0.717, 1.165) is 4.31 Å². The lowest BCUT2D eigenvalue weighted by Gasteiger charge is -2.25. The first-order valence-electron chi connectivity index (χ1n) is 9.66. The Kier molecular flexibility index (Phi) is 7.55. The van der Waals surface area contributed by atoms with Gasteiger partial charge in [-0.3, -0.25) is 9.10 Å². The fourth-order valence-corrected chi connectivity index (χ4v) is 4.60. The van der Waals surface area contributed by atoms with Crippen LogP contribution in [0.3, 0.4) is 0 Å². The molecule has 0 aromatic heterocycles. The van der Waals surface area contributed by atoms with E-state index in [-0.39, 0.29) is 24.6 Å². The number of anilines is 1. The van der Waals surface area contributed by atoms with Crippen molar-refractivity contribution >= 4 is 33.2 Å². The number of ether oxygens (including phenoxy) is 1. The molecule has 0 aliphatic carbocycles. The van der Waals surface area contributed by atoms with Gasteiger partial charge < -0.3 is 10.1 Å². The molecule has 31 heavy (non-hydrogen) atoms. The Balaban J connectivity index is 1.75. The Bertz CT molecular complexity index is 1120. The topological polar surface area (TPSA) is 75.7 Å². The molecule has 0 heterocycles. The van der Waals surface area contributed by atoms with Gasteiger partial charge in [-0.2, -0.15) is 0 Å². The Morgan fingerprint density at radius 1 is 1.00 bits per heavy atom. The number of benzene rings is 3. The number of para-hydroxylation sites is 1. The summed E-state index contributed by atoms with van der Waals surface area (Å²) >= 11 is 6.12. The van der Waals surface area contributed by atoms with E-state index in [1.165, 1.54) is 12.1 Å². The molecule has 0 aliphatic heterocycles. The molecular weight excluding hydrogens is 436 g/mol. The molecule has 0 fully saturated rings. The molecule has 1 N–H and O–H groups in total. The summed E-state index contributed by atoms with van der Waals surface area (Å²) in [4.78, 5) is 12.7. The smallest absolute Gasteiger partial charge is 0.264 e. The summed E-state index contributed by atoms with van der Waals surface area (Å²) in [5, 5.41) is 3.09. The van der Waals surface area contributed by atoms with Gasteiger partial charge in [0, 0.05) is 5.02 Å². The summed E-state index contributed by atoms with van der Waals surface area (Å²) in [5.41, 5.74) is 1.04. The molecule has 0 saturated carbocycles. The standard InChI is InChI=1S/C23H23ClN2O4S/c1-18-12-13-19(24)16-22(18)26(31(28,29)21-10-6-3-7-11-21)17-23(27)25-14-15-30-20-8-4-2-5-9-20/h2-13,16H,14-15,17H2,1H3,(H,25,27). The van der Waals surface area contributed by atoms with Gasteiger partial charge in [0.2, 0.25) is 5.91 Å². The lowest BCUT2D eigenvalue weighted by Crippen LogP contribution is -2.42. The molecule has 6 nitrogen and oxygen atoms in total. The number of halogens is 1. The van der Waals surface area contributed by atoms with Crippen molar-refractivity contribution < 1.29 is 17.9 Å². The second kappa shape index (κ2) is 10.3. The van der Waals surface area contributed by atoms with Gasteiger partial charge in [0.05, 0.1) is 17.1 Å². The minimum Gasteiger partial charge on any atom is -0.492 e. The number of nitrogens with one attached hydrogen (secondary N) is 1. The number of carbonyl (C=O) groups excluding carboxylic acids is 1. The predicted molar refractivity (Wildman–Crippen MR) is 122 cm³/mol. The zero-order chi connectivity index (χ0) is 22.3. The van der Waals surface area contributed by atoms with Crippen LogP contribution in [0.1, 0.15) is 5.56 Å². The molecule has 0 bridgehead atoms. The third kappa shape index (κ3) is 5.99. The first-order chi connectivity index (χ1) is 14.9. The van der Waals surface area contributed by atoms with Crippen LogP contribution in [-0.4, -0.2) is 34.0 Å². The Hall–Kier alpha value is -3.03. The number of sulfonamides is 1. The largest absolute Gasteiger partial charge is 0.492 e. The molecular formula is C23H23ClN2O4S. The van der Waals surface area contributed by atoms with Crippen molar-refractivity contribution in [3.63, 3.8) is 0 Å². The summed E-state index contributed by atoms with van der Waals surface area (Å²) in [6.07, 6.45) is 0. The zero-order valence-corrected chi connectivity index (χ0v) is 18.6. The third-order valence-corrected chi connectivity index (χ3v) is 6.50. The van der Waals surface area contributed by atoms with Crippen LogP contribution in [0.2, 0.25) is 5.02 Å². The van der Waals surface area contributed by atoms with E-state index in [9.17, 15) is 13.2 Å². The molecule has 0 aliphatic rings. The molecule has 8 heteroatoms. The summed E-state index contributed by atoms with van der Waals surface area (Å²) in [6, 6.07) is 22.2. The van der Waals surface area contributed by atoms with Crippen LogP contribution >= 0.6 is 11.6 Å². The van der Waals surface area contributed by atoms with Crippen molar-refractivity contribution in [1.29, 1.82) is 0 Å². The average Bonchev–Trinajstić information content (AvgIpc) is 2.78. The van der Waals surface area contributed by atoms with E-state index in [4.69, 9.17) is 16.3 Å². The van der Waals surface area contributed by atoms with E-state index in [0.29, 0.717) is 22.0 Å². The Labute approximate surface area is 187 Å². The second-order valence-electron chi connectivity index (χ2n) is 6.77. The molecule has 0 radical (unpaired) electrons. The van der Waals surface area contributed by atoms with Gasteiger partial charge in [-0.05, 0) is 48.9 Å². The second-order valence-corrected chi connectivity index (χ2v) is 9.07. The van der Waals surface area contributed by atoms with Crippen molar-refractivity contribution in [1.82, 2.24) is 5.32 Å². The van der Waals surface area contributed by atoms with Crippen LogP contribution < -0.4 is 14.4 Å². The Morgan fingerprint density at radius 2 is 1.65 bits per heavy atom. The number of hydrogen-bond donors (Lipinski definition) is 1. The molecule has 0 unspecified atom stereocenters. The van der Waals surface area contributed by atoms with Crippen LogP contribution in [0.15, 0.2) is 83.8 Å². The summed E-state index contributed by atoms with van der Waals surface area (Å²) in [5.74, 6) is 0.245. The number of hydrogen-bond acceptors (Lipinski definition) is 4. The fourth-order valence-electron chi connectivity index (χ4n) is 2.93. The van der Waals surface area contributed by atoms with E-state index in [1.807, 2.05) is 30.3 Å². The van der Waals surface area contributed by atoms with E-state index >= 15 is 0 Å². The summed E-state index contributed by atoms with van der Waals surface area (Å²) in [7, 11) is -3.98. The first kappa shape index (κ1) is 22.7. The molecule has 3 rings (SSSR count). The quantitative estimate of drug-likeness (QED) is 0.491. The maximum absolute atomic E-state index is 13.3. The van der Waals surface area contributed by atoms with Crippen molar-refractivity contribution in [2.75, 3.05) is 24.0 Å². The van der Waals surface area contributed by atoms with Gasteiger partial charge in [-0.15, -0.1) is 0 Å². The molecule has 162 valence electrons. The van der Waals surface area contributed by atoms with Crippen molar-refractivity contribution in [3.05, 3.63) is 89.4 Å². The monoisotopic (exact) mass is 458 g/mol. The SMILES string of the molecule is Cc1ccc(Cl)cc1N(CC(=O)NCCOc1ccccc1)S(=O)(=O)c1ccccc1. The van der Waals surface area contributed by atoms with Crippen molar-refractivity contribution in [2.45, 2.75) is 11.8 Å². The minimum absolute atomic E-state index is 0.0922. The highest BCUT2D eigenvalue weighted by Crippen LogP contribution is 2.29. The van der Waals surface area contributed by atoms with Crippen LogP contribution in [0, 0.1) is 6.92 Å². The molecule has 0 atom stereocenters. The molecule has 1 amide bonds. The predicted octanol–water partition coefficient (Wildman–Crippen LogP) is 4.04. The fraction of sp³-hybridized carbons (Fsp3) is 0.174. The van der Waals surface area contributed by atoms with Gasteiger partial charge in [-0.1, -0.05) is 54.1 Å². The van der Waals surface area contributed by atoms with Gasteiger partial charge in [0.25, 0.3) is 10.0 Å². The van der Waals surface area contributed by atoms with Gasteiger partial charge in [-0.25, -0.2) is 8.42 Å². The number of carbonyl (C=O) groups is 1. The molecule has 0 spiro atoms. The summed E-state index contributed by atoms with van der Waals surface area (Å²) in [6.45, 7) is 1.88. The number of amides is 1. The lowest BCUT2D eigenvalue weighted by molar-refractivity contribution is -0.119. The molecule has 3 aromatic carbocycles. The number of nitrogens with zero attached hydrogens (tertiary/aromatic N) is 1. The van der Waals surface area contributed by atoms with E-state index < -0.39 is 15.9 Å². The van der Waals surface area contributed by atoms with Crippen LogP contribution in [0.5, 0.6) is 5.75 Å². The maximum atomic E-state index is 13.3. The van der Waals surface area contributed by atoms with Crippen molar-refractivity contribution in [2.24, 2.45) is 0 Å². The zero-order valence-electron chi connectivity index (χ0n) is 17.0. The highest BCUT2D eigenvalue weighted by Gasteiger charge is 2.28. The first-order valence-corrected chi connectivity index (χ1v) is 11.5. The summed E-state index contributed by atoms with van der Waals surface area (Å²) < 4.78 is 33.3. The van der Waals surface area contributed by atoms with Crippen molar-refractivity contribution in [3.8, 4) is 5.75 Å². The van der Waals surface area contributed by atoms with Crippen LogP contribution in [-0.2, 0) is 14.8 Å². The normalized spacial score (nSPS) is 11.0. The van der Waals surface area contributed by atoms with Gasteiger partial charge >= 0.3 is 0 Å². The van der Waals surface area contributed by atoms with Crippen LogP contribution in [0.25, 0.3) is 0 Å². The van der Waals surface area contributed by atoms with E-state index in [2.05, 4.69) is 5.32 Å². The minimum atomic E-state index is -3.98. The number of aryl methyl sites for hydroxylation is 1. The average molecular weight is 459 g/mol. The van der Waals surface area contributed by atoms with Gasteiger partial charge in [0.15, 0.2) is 0 Å².